The lowest BCUT2D eigenvalue weighted by molar-refractivity contribution is 0.476. The molecule has 1 aliphatic heterocycles. The summed E-state index contributed by atoms with van der Waals surface area (Å²) in [7, 11) is 0. The van der Waals surface area contributed by atoms with Crippen LogP contribution in [0.25, 0.3) is 22.6 Å². The largest absolute Gasteiger partial charge is 0.507 e. The van der Waals surface area contributed by atoms with Crippen LogP contribution in [0.3, 0.4) is 0 Å². The number of nitrogens with one attached hydrogen (secondary N) is 1. The van der Waals surface area contributed by atoms with Crippen molar-refractivity contribution in [3.05, 3.63) is 55.4 Å². The molecular formula is C20H22N6O. The van der Waals surface area contributed by atoms with E-state index in [4.69, 9.17) is 0 Å². The Hall–Kier alpha value is -3.06. The summed E-state index contributed by atoms with van der Waals surface area (Å²) in [6, 6.07) is 5.32. The fourth-order valence-electron chi connectivity index (χ4n) is 3.40. The van der Waals surface area contributed by atoms with Crippen molar-refractivity contribution in [1.29, 1.82) is 0 Å². The minimum absolute atomic E-state index is 0.101. The van der Waals surface area contributed by atoms with Crippen LogP contribution in [0, 0.1) is 5.92 Å². The van der Waals surface area contributed by atoms with Crippen molar-refractivity contribution in [2.75, 3.05) is 13.1 Å². The molecule has 0 aliphatic carbocycles. The number of hydrogen-bond donors (Lipinski definition) is 2. The molecule has 1 fully saturated rings. The van der Waals surface area contributed by atoms with Crippen molar-refractivity contribution in [2.45, 2.75) is 19.3 Å². The third-order valence-electron chi connectivity index (χ3n) is 4.98. The van der Waals surface area contributed by atoms with Crippen LogP contribution in [0.2, 0.25) is 0 Å². The first-order valence-electron chi connectivity index (χ1n) is 9.13. The summed E-state index contributed by atoms with van der Waals surface area (Å²) >= 11 is 0. The average Bonchev–Trinajstić information content (AvgIpc) is 3.10. The average molecular weight is 362 g/mol. The zero-order valence-electron chi connectivity index (χ0n) is 15.0. The molecule has 1 atom stereocenters. The summed E-state index contributed by atoms with van der Waals surface area (Å²) in [6.45, 7) is 6.28. The van der Waals surface area contributed by atoms with E-state index < -0.39 is 0 Å². The Morgan fingerprint density at radius 1 is 1.22 bits per heavy atom. The summed E-state index contributed by atoms with van der Waals surface area (Å²) in [5, 5.41) is 22.3. The third kappa shape index (κ3) is 3.73. The lowest BCUT2D eigenvalue weighted by atomic mass is 9.91. The molecule has 138 valence electrons. The molecule has 1 unspecified atom stereocenters. The van der Waals surface area contributed by atoms with Gasteiger partial charge in [0, 0.05) is 18.5 Å². The first kappa shape index (κ1) is 17.4. The van der Waals surface area contributed by atoms with Crippen LogP contribution >= 0.6 is 0 Å². The van der Waals surface area contributed by atoms with Crippen LogP contribution in [-0.2, 0) is 0 Å². The predicted octanol–water partition coefficient (Wildman–Crippen LogP) is 2.83. The Balaban J connectivity index is 1.54. The van der Waals surface area contributed by atoms with Gasteiger partial charge in [0.25, 0.3) is 0 Å². The second-order valence-corrected chi connectivity index (χ2v) is 6.74. The highest BCUT2D eigenvalue weighted by molar-refractivity contribution is 5.67. The number of imidazole rings is 1. The molecule has 2 N–H and O–H groups in total. The van der Waals surface area contributed by atoms with Gasteiger partial charge in [-0.25, -0.2) is 9.97 Å². The van der Waals surface area contributed by atoms with Gasteiger partial charge < -0.3 is 15.0 Å². The molecule has 1 saturated heterocycles. The fraction of sp³-hybridized carbons (Fsp3) is 0.300. The molecule has 0 radical (unpaired) electrons. The Bertz CT molecular complexity index is 912. The van der Waals surface area contributed by atoms with E-state index in [1.807, 2.05) is 16.8 Å². The van der Waals surface area contributed by atoms with Gasteiger partial charge in [0.15, 0.2) is 5.82 Å². The van der Waals surface area contributed by atoms with Crippen LogP contribution in [-0.4, -0.2) is 42.9 Å². The number of rotatable bonds is 4. The van der Waals surface area contributed by atoms with Crippen LogP contribution in [0.1, 0.15) is 25.0 Å². The van der Waals surface area contributed by atoms with E-state index in [0.717, 1.165) is 49.3 Å². The Kier molecular flexibility index (Phi) is 4.93. The van der Waals surface area contributed by atoms with Gasteiger partial charge in [0.05, 0.1) is 23.8 Å². The van der Waals surface area contributed by atoms with Crippen molar-refractivity contribution in [1.82, 2.24) is 30.0 Å². The lowest BCUT2D eigenvalue weighted by Gasteiger charge is -2.16. The highest BCUT2D eigenvalue weighted by atomic mass is 16.3. The number of phenolic OH excluding ortho intramolecular Hbond substituents is 1. The first-order chi connectivity index (χ1) is 13.2. The number of phenols is 1. The first-order valence-corrected chi connectivity index (χ1v) is 9.13. The molecule has 27 heavy (non-hydrogen) atoms. The minimum atomic E-state index is 0.101. The topological polar surface area (TPSA) is 88.8 Å². The molecule has 3 aromatic rings. The molecule has 4 rings (SSSR count). The number of allylic oxidation sites excluding steroid dienone is 1. The van der Waals surface area contributed by atoms with E-state index in [9.17, 15) is 5.11 Å². The van der Waals surface area contributed by atoms with Crippen molar-refractivity contribution < 1.29 is 5.11 Å². The van der Waals surface area contributed by atoms with Gasteiger partial charge in [-0.3, -0.25) is 0 Å². The third-order valence-corrected chi connectivity index (χ3v) is 4.98. The molecule has 2 aromatic heterocycles. The summed E-state index contributed by atoms with van der Waals surface area (Å²) in [5.41, 5.74) is 3.07. The van der Waals surface area contributed by atoms with Crippen LogP contribution in [0.4, 0.5) is 0 Å². The van der Waals surface area contributed by atoms with E-state index in [1.165, 1.54) is 0 Å². The predicted molar refractivity (Wildman–Crippen MR) is 103 cm³/mol. The summed E-state index contributed by atoms with van der Waals surface area (Å²) in [4.78, 5) is 8.43. The second kappa shape index (κ2) is 7.67. The zero-order valence-corrected chi connectivity index (χ0v) is 15.0. The van der Waals surface area contributed by atoms with Gasteiger partial charge in [-0.2, -0.15) is 0 Å². The molecule has 3 heterocycles. The van der Waals surface area contributed by atoms with Crippen molar-refractivity contribution >= 4 is 5.57 Å². The fourth-order valence-corrected chi connectivity index (χ4v) is 3.40. The van der Waals surface area contributed by atoms with Crippen LogP contribution < -0.4 is 5.32 Å². The molecule has 0 amide bonds. The van der Waals surface area contributed by atoms with Gasteiger partial charge in [0.1, 0.15) is 11.4 Å². The Morgan fingerprint density at radius 3 is 2.89 bits per heavy atom. The van der Waals surface area contributed by atoms with Crippen molar-refractivity contribution in [3.8, 4) is 22.8 Å². The zero-order chi connectivity index (χ0) is 18.6. The van der Waals surface area contributed by atoms with E-state index in [0.29, 0.717) is 17.3 Å². The number of nitrogens with zero attached hydrogens (tertiary/aromatic N) is 5. The van der Waals surface area contributed by atoms with E-state index >= 15 is 0 Å². The number of hydrogen-bond acceptors (Lipinski definition) is 6. The Labute approximate surface area is 157 Å². The Morgan fingerprint density at radius 2 is 2.15 bits per heavy atom. The van der Waals surface area contributed by atoms with Gasteiger partial charge in [0.2, 0.25) is 0 Å². The quantitative estimate of drug-likeness (QED) is 0.742. The normalized spacial score (nSPS) is 17.4. The highest BCUT2D eigenvalue weighted by Gasteiger charge is 2.18. The molecule has 0 saturated carbocycles. The number of aromatic hydroxyl groups is 1. The number of aromatic nitrogens is 5. The van der Waals surface area contributed by atoms with Crippen molar-refractivity contribution in [3.63, 3.8) is 0 Å². The molecule has 0 bridgehead atoms. The second-order valence-electron chi connectivity index (χ2n) is 6.74. The monoisotopic (exact) mass is 362 g/mol. The van der Waals surface area contributed by atoms with E-state index in [2.05, 4.69) is 32.1 Å². The highest BCUT2D eigenvalue weighted by Crippen LogP contribution is 2.30. The van der Waals surface area contributed by atoms with Gasteiger partial charge in [-0.05, 0) is 56.0 Å². The van der Waals surface area contributed by atoms with Gasteiger partial charge in [-0.15, -0.1) is 10.2 Å². The number of benzene rings is 1. The summed E-state index contributed by atoms with van der Waals surface area (Å²) < 4.78 is 1.82. The molecule has 7 nitrogen and oxygen atoms in total. The van der Waals surface area contributed by atoms with Crippen molar-refractivity contribution in [2.24, 2.45) is 5.92 Å². The van der Waals surface area contributed by atoms with Crippen LogP contribution in [0.15, 0.2) is 49.7 Å². The SMILES string of the molecule is C=C(c1cnc(-c2ccc(-n3ccnc3)cc2O)nn1)C1CCCNCC1. The molecule has 7 heteroatoms. The summed E-state index contributed by atoms with van der Waals surface area (Å²) in [6.07, 6.45) is 10.2. The maximum absolute atomic E-state index is 10.4. The van der Waals surface area contributed by atoms with Gasteiger partial charge in [-0.1, -0.05) is 6.58 Å². The van der Waals surface area contributed by atoms with Gasteiger partial charge >= 0.3 is 0 Å². The standard InChI is InChI=1S/C20H22N6O/c1-14(15-3-2-7-21-8-6-15)18-12-23-20(25-24-18)17-5-4-16(11-19(17)27)26-10-9-22-13-26/h4-5,9-13,15,21,27H,1-3,6-8H2. The maximum atomic E-state index is 10.4. The van der Waals surface area contributed by atoms with Crippen LogP contribution in [0.5, 0.6) is 5.75 Å². The minimum Gasteiger partial charge on any atom is -0.507 e. The van der Waals surface area contributed by atoms with E-state index in [1.54, 1.807) is 30.9 Å². The molecule has 1 aromatic carbocycles. The summed E-state index contributed by atoms with van der Waals surface area (Å²) in [5.74, 6) is 0.901. The molecule has 0 spiro atoms. The smallest absolute Gasteiger partial charge is 0.185 e. The van der Waals surface area contributed by atoms with E-state index in [-0.39, 0.29) is 5.75 Å². The molecule has 1 aliphatic rings. The maximum Gasteiger partial charge on any atom is 0.185 e. The lowest BCUT2D eigenvalue weighted by Crippen LogP contribution is -2.14. The molecular weight excluding hydrogens is 340 g/mol.